The molecule has 0 unspecified atom stereocenters. The van der Waals surface area contributed by atoms with E-state index in [-0.39, 0.29) is 5.75 Å². The highest BCUT2D eigenvalue weighted by molar-refractivity contribution is 7.99. The molecule has 0 bridgehead atoms. The van der Waals surface area contributed by atoms with Crippen LogP contribution in [-0.2, 0) is 24.9 Å². The molecule has 1 aliphatic carbocycles. The second kappa shape index (κ2) is 9.30. The first-order valence-corrected chi connectivity index (χ1v) is 10.8. The number of hydrogen-bond acceptors (Lipinski definition) is 6. The monoisotopic (exact) mass is 419 g/mol. The fraction of sp³-hybridized carbons (Fsp3) is 0.500. The molecule has 0 radical (unpaired) electrons. The second-order valence-electron chi connectivity index (χ2n) is 7.39. The van der Waals surface area contributed by atoms with Gasteiger partial charge in [-0.25, -0.2) is 4.79 Å². The molecule has 156 valence electrons. The largest absolute Gasteiger partial charge is 0.455 e. The number of aryl methyl sites for hydroxylation is 1. The van der Waals surface area contributed by atoms with Crippen molar-refractivity contribution in [2.75, 3.05) is 12.4 Å². The zero-order valence-electron chi connectivity index (χ0n) is 16.4. The smallest absolute Gasteiger partial charge is 0.344 e. The Morgan fingerprint density at radius 3 is 2.55 bits per heavy atom. The Hall–Kier alpha value is -2.55. The fourth-order valence-corrected chi connectivity index (χ4v) is 4.28. The van der Waals surface area contributed by atoms with Crippen LogP contribution in [0.4, 0.5) is 4.79 Å². The van der Waals surface area contributed by atoms with Crippen molar-refractivity contribution in [1.29, 1.82) is 0 Å². The Balaban J connectivity index is 1.39. The molecule has 0 atom stereocenters. The van der Waals surface area contributed by atoms with E-state index in [9.17, 15) is 19.2 Å². The summed E-state index contributed by atoms with van der Waals surface area (Å²) >= 11 is 1.39. The molecule has 2 fully saturated rings. The third-order valence-corrected chi connectivity index (χ3v) is 6.06. The van der Waals surface area contributed by atoms with E-state index in [2.05, 4.69) is 10.7 Å². The number of imide groups is 1. The van der Waals surface area contributed by atoms with E-state index in [0.29, 0.717) is 23.6 Å². The molecule has 1 saturated carbocycles. The van der Waals surface area contributed by atoms with Gasteiger partial charge in [0.1, 0.15) is 5.54 Å². The SMILES string of the molecule is Cc1ccc(CSCC(=O)OCC(=O)NN2C(=O)NC3(CCCCC3)C2=O)cc1. The van der Waals surface area contributed by atoms with E-state index < -0.39 is 36.0 Å². The van der Waals surface area contributed by atoms with Crippen molar-refractivity contribution in [2.45, 2.75) is 50.3 Å². The lowest BCUT2D eigenvalue weighted by molar-refractivity contribution is -0.148. The van der Waals surface area contributed by atoms with Crippen molar-refractivity contribution < 1.29 is 23.9 Å². The summed E-state index contributed by atoms with van der Waals surface area (Å²) in [6.07, 6.45) is 3.86. The van der Waals surface area contributed by atoms with E-state index in [4.69, 9.17) is 4.74 Å². The lowest BCUT2D eigenvalue weighted by atomic mass is 9.82. The second-order valence-corrected chi connectivity index (χ2v) is 8.37. The van der Waals surface area contributed by atoms with Crippen LogP contribution in [-0.4, -0.2) is 46.7 Å². The Labute approximate surface area is 173 Å². The first-order valence-electron chi connectivity index (χ1n) is 9.65. The number of esters is 1. The van der Waals surface area contributed by atoms with Gasteiger partial charge in [-0.05, 0) is 25.3 Å². The van der Waals surface area contributed by atoms with Crippen LogP contribution in [0.2, 0.25) is 0 Å². The van der Waals surface area contributed by atoms with E-state index in [1.165, 1.54) is 17.3 Å². The molecule has 1 heterocycles. The number of nitrogens with zero attached hydrogens (tertiary/aromatic N) is 1. The maximum absolute atomic E-state index is 12.6. The highest BCUT2D eigenvalue weighted by Gasteiger charge is 2.52. The molecular formula is C20H25N3O5S. The number of hydrazine groups is 1. The fourth-order valence-electron chi connectivity index (χ4n) is 3.50. The molecule has 0 aromatic heterocycles. The van der Waals surface area contributed by atoms with E-state index in [1.807, 2.05) is 31.2 Å². The number of nitrogens with one attached hydrogen (secondary N) is 2. The third-order valence-electron chi connectivity index (χ3n) is 5.08. The van der Waals surface area contributed by atoms with Gasteiger partial charge in [-0.2, -0.15) is 5.01 Å². The average Bonchev–Trinajstić information content (AvgIpc) is 2.92. The van der Waals surface area contributed by atoms with Crippen molar-refractivity contribution in [1.82, 2.24) is 15.8 Å². The zero-order chi connectivity index (χ0) is 20.9. The van der Waals surface area contributed by atoms with Crippen molar-refractivity contribution in [2.24, 2.45) is 0 Å². The van der Waals surface area contributed by atoms with Gasteiger partial charge in [0.2, 0.25) is 0 Å². The van der Waals surface area contributed by atoms with Gasteiger partial charge < -0.3 is 10.1 Å². The predicted molar refractivity (Wildman–Crippen MR) is 108 cm³/mol. The topological polar surface area (TPSA) is 105 Å². The average molecular weight is 420 g/mol. The normalized spacial score (nSPS) is 17.9. The van der Waals surface area contributed by atoms with Gasteiger partial charge in [0, 0.05) is 5.75 Å². The van der Waals surface area contributed by atoms with E-state index in [0.717, 1.165) is 24.8 Å². The van der Waals surface area contributed by atoms with Gasteiger partial charge in [0.05, 0.1) is 5.75 Å². The Kier molecular flexibility index (Phi) is 6.79. The van der Waals surface area contributed by atoms with Crippen LogP contribution in [0.3, 0.4) is 0 Å². The lowest BCUT2D eigenvalue weighted by Crippen LogP contribution is -2.51. The summed E-state index contributed by atoms with van der Waals surface area (Å²) in [4.78, 5) is 48.5. The predicted octanol–water partition coefficient (Wildman–Crippen LogP) is 2.06. The first-order chi connectivity index (χ1) is 13.9. The van der Waals surface area contributed by atoms with Gasteiger partial charge >= 0.3 is 12.0 Å². The highest BCUT2D eigenvalue weighted by atomic mass is 32.2. The lowest BCUT2D eigenvalue weighted by Gasteiger charge is -2.30. The summed E-state index contributed by atoms with van der Waals surface area (Å²) in [5.74, 6) is -0.938. The van der Waals surface area contributed by atoms with E-state index >= 15 is 0 Å². The molecule has 1 aliphatic heterocycles. The van der Waals surface area contributed by atoms with Gasteiger partial charge in [-0.15, -0.1) is 11.8 Å². The maximum atomic E-state index is 12.6. The zero-order valence-corrected chi connectivity index (χ0v) is 17.2. The molecule has 8 nitrogen and oxygen atoms in total. The molecular weight excluding hydrogens is 394 g/mol. The molecule has 2 N–H and O–H groups in total. The van der Waals surface area contributed by atoms with Crippen LogP contribution < -0.4 is 10.7 Å². The quantitative estimate of drug-likeness (QED) is 0.518. The Morgan fingerprint density at radius 2 is 1.86 bits per heavy atom. The molecule has 1 saturated heterocycles. The minimum absolute atomic E-state index is 0.105. The van der Waals surface area contributed by atoms with Gasteiger partial charge in [0.25, 0.3) is 11.8 Å². The standard InChI is InChI=1S/C20H25N3O5S/c1-14-5-7-15(8-6-14)12-29-13-17(25)28-11-16(24)22-23-18(26)20(21-19(23)27)9-3-2-4-10-20/h5-8H,2-4,9-13H2,1H3,(H,21,27)(H,22,24). The van der Waals surface area contributed by atoms with Crippen molar-refractivity contribution >= 4 is 35.6 Å². The molecule has 1 aromatic carbocycles. The van der Waals surface area contributed by atoms with Crippen LogP contribution in [0.25, 0.3) is 0 Å². The third kappa shape index (κ3) is 5.29. The number of hydrogen-bond donors (Lipinski definition) is 2. The molecule has 1 aromatic rings. The van der Waals surface area contributed by atoms with Crippen LogP contribution >= 0.6 is 11.8 Å². The number of thioether (sulfide) groups is 1. The number of amides is 4. The molecule has 4 amide bonds. The summed E-state index contributed by atoms with van der Waals surface area (Å²) in [5, 5.41) is 3.40. The number of rotatable bonds is 7. The Morgan fingerprint density at radius 1 is 1.17 bits per heavy atom. The number of carbonyl (C=O) groups is 4. The molecule has 29 heavy (non-hydrogen) atoms. The first kappa shape index (κ1) is 21.2. The summed E-state index contributed by atoms with van der Waals surface area (Å²) in [6, 6.07) is 7.36. The number of carbonyl (C=O) groups excluding carboxylic acids is 4. The summed E-state index contributed by atoms with van der Waals surface area (Å²) in [6.45, 7) is 1.46. The van der Waals surface area contributed by atoms with Gasteiger partial charge in [0.15, 0.2) is 6.61 Å². The van der Waals surface area contributed by atoms with Crippen LogP contribution in [0.1, 0.15) is 43.2 Å². The molecule has 9 heteroatoms. The summed E-state index contributed by atoms with van der Waals surface area (Å²) in [5.41, 5.74) is 3.60. The van der Waals surface area contributed by atoms with Gasteiger partial charge in [-0.1, -0.05) is 49.1 Å². The van der Waals surface area contributed by atoms with Crippen LogP contribution in [0, 0.1) is 6.92 Å². The minimum Gasteiger partial charge on any atom is -0.455 e. The van der Waals surface area contributed by atoms with Crippen molar-refractivity contribution in [3.8, 4) is 0 Å². The number of ether oxygens (including phenoxy) is 1. The number of urea groups is 1. The summed E-state index contributed by atoms with van der Waals surface area (Å²) in [7, 11) is 0. The van der Waals surface area contributed by atoms with Crippen molar-refractivity contribution in [3.63, 3.8) is 0 Å². The minimum atomic E-state index is -0.911. The number of benzene rings is 1. The Bertz CT molecular complexity index is 790. The van der Waals surface area contributed by atoms with E-state index in [1.54, 1.807) is 0 Å². The van der Waals surface area contributed by atoms with Gasteiger partial charge in [-0.3, -0.25) is 19.8 Å². The highest BCUT2D eigenvalue weighted by Crippen LogP contribution is 2.32. The van der Waals surface area contributed by atoms with Crippen molar-refractivity contribution in [3.05, 3.63) is 35.4 Å². The maximum Gasteiger partial charge on any atom is 0.344 e. The molecule has 3 rings (SSSR count). The molecule has 1 spiro atoms. The van der Waals surface area contributed by atoms with Crippen LogP contribution in [0.15, 0.2) is 24.3 Å². The van der Waals surface area contributed by atoms with Crippen LogP contribution in [0.5, 0.6) is 0 Å². The molecule has 2 aliphatic rings. The summed E-state index contributed by atoms with van der Waals surface area (Å²) < 4.78 is 4.94.